The smallest absolute Gasteiger partial charge is 0.323 e. The Kier molecular flexibility index (Phi) is 2.34. The van der Waals surface area contributed by atoms with E-state index in [0.29, 0.717) is 5.69 Å². The van der Waals surface area contributed by atoms with Crippen molar-refractivity contribution in [2.24, 2.45) is 5.73 Å². The van der Waals surface area contributed by atoms with Gasteiger partial charge < -0.3 is 5.73 Å². The molecule has 0 amide bonds. The Morgan fingerprint density at radius 2 is 2.00 bits per heavy atom. The van der Waals surface area contributed by atoms with Gasteiger partial charge in [-0.15, -0.1) is 10.2 Å². The maximum absolute atomic E-state index is 12.6. The normalized spacial score (nSPS) is 14.3. The Morgan fingerprint density at radius 3 is 2.56 bits per heavy atom. The van der Waals surface area contributed by atoms with Gasteiger partial charge in [-0.05, 0) is 19.1 Å². The Morgan fingerprint density at radius 1 is 1.31 bits per heavy atom. The second-order valence-corrected chi connectivity index (χ2v) is 3.45. The number of fused-ring (bicyclic) bond motifs is 1. The summed E-state index contributed by atoms with van der Waals surface area (Å²) < 4.78 is 38.8. The van der Waals surface area contributed by atoms with Crippen LogP contribution in [-0.4, -0.2) is 14.6 Å². The lowest BCUT2D eigenvalue weighted by atomic mass is 10.2. The third kappa shape index (κ3) is 1.63. The van der Waals surface area contributed by atoms with Gasteiger partial charge in [0.05, 0.1) is 0 Å². The zero-order valence-electron chi connectivity index (χ0n) is 8.36. The molecule has 0 radical (unpaired) electrons. The van der Waals surface area contributed by atoms with Gasteiger partial charge in [-0.2, -0.15) is 13.2 Å². The molecule has 86 valence electrons. The van der Waals surface area contributed by atoms with Crippen LogP contribution in [0.25, 0.3) is 5.65 Å². The Hall–Kier alpha value is -1.63. The Labute approximate surface area is 88.9 Å². The molecule has 0 spiro atoms. The van der Waals surface area contributed by atoms with Gasteiger partial charge in [-0.25, -0.2) is 0 Å². The summed E-state index contributed by atoms with van der Waals surface area (Å²) in [5.74, 6) is -1.05. The van der Waals surface area contributed by atoms with E-state index in [1.807, 2.05) is 0 Å². The largest absolute Gasteiger partial charge is 0.452 e. The summed E-state index contributed by atoms with van der Waals surface area (Å²) in [4.78, 5) is 0. The fraction of sp³-hybridized carbons (Fsp3) is 0.333. The molecule has 0 aliphatic heterocycles. The number of pyridine rings is 1. The van der Waals surface area contributed by atoms with Gasteiger partial charge in [0.15, 0.2) is 5.65 Å². The minimum absolute atomic E-state index is 0.141. The molecule has 0 saturated heterocycles. The number of nitrogens with zero attached hydrogens (tertiary/aromatic N) is 3. The molecule has 2 rings (SSSR count). The van der Waals surface area contributed by atoms with Gasteiger partial charge in [-0.3, -0.25) is 4.40 Å². The van der Waals surface area contributed by atoms with Crippen molar-refractivity contribution in [1.82, 2.24) is 14.6 Å². The van der Waals surface area contributed by atoms with Gasteiger partial charge in [0.1, 0.15) is 0 Å². The standard InChI is InChI=1S/C9H9F3N4/c1-5(13)6-3-2-4-7-14-15-8(16(6)7)9(10,11)12/h2-5H,13H2,1H3. The fourth-order valence-corrected chi connectivity index (χ4v) is 1.51. The zero-order valence-corrected chi connectivity index (χ0v) is 8.36. The number of alkyl halides is 3. The van der Waals surface area contributed by atoms with E-state index in [9.17, 15) is 13.2 Å². The van der Waals surface area contributed by atoms with E-state index in [4.69, 9.17) is 5.73 Å². The molecule has 2 heterocycles. The summed E-state index contributed by atoms with van der Waals surface area (Å²) in [5, 5.41) is 6.61. The van der Waals surface area contributed by atoms with Gasteiger partial charge in [0, 0.05) is 11.7 Å². The number of hydrogen-bond donors (Lipinski definition) is 1. The minimum Gasteiger partial charge on any atom is -0.323 e. The quantitative estimate of drug-likeness (QED) is 0.812. The molecule has 1 atom stereocenters. The summed E-state index contributed by atoms with van der Waals surface area (Å²) in [6.07, 6.45) is -4.54. The van der Waals surface area contributed by atoms with Crippen molar-refractivity contribution in [2.45, 2.75) is 19.1 Å². The Bertz CT molecular complexity index is 515. The van der Waals surface area contributed by atoms with Gasteiger partial charge >= 0.3 is 6.18 Å². The van der Waals surface area contributed by atoms with Crippen LogP contribution in [0.3, 0.4) is 0 Å². The molecule has 0 aliphatic carbocycles. The molecular weight excluding hydrogens is 221 g/mol. The van der Waals surface area contributed by atoms with E-state index >= 15 is 0 Å². The molecule has 0 bridgehead atoms. The summed E-state index contributed by atoms with van der Waals surface area (Å²) in [6, 6.07) is 4.05. The molecule has 7 heteroatoms. The number of rotatable bonds is 1. The SMILES string of the molecule is CC(N)c1cccc2nnc(C(F)(F)F)n12. The van der Waals surface area contributed by atoms with E-state index in [-0.39, 0.29) is 5.65 Å². The summed E-state index contributed by atoms with van der Waals surface area (Å²) in [5.41, 5.74) is 6.08. The molecule has 0 saturated carbocycles. The third-order valence-corrected chi connectivity index (χ3v) is 2.18. The highest BCUT2D eigenvalue weighted by Crippen LogP contribution is 2.29. The topological polar surface area (TPSA) is 56.2 Å². The highest BCUT2D eigenvalue weighted by atomic mass is 19.4. The van der Waals surface area contributed by atoms with Crippen LogP contribution in [0.5, 0.6) is 0 Å². The van der Waals surface area contributed by atoms with Crippen LogP contribution in [0.4, 0.5) is 13.2 Å². The van der Waals surface area contributed by atoms with E-state index in [2.05, 4.69) is 10.2 Å². The second kappa shape index (κ2) is 3.44. The van der Waals surface area contributed by atoms with Crippen molar-refractivity contribution in [1.29, 1.82) is 0 Å². The number of aromatic nitrogens is 3. The van der Waals surface area contributed by atoms with Crippen LogP contribution < -0.4 is 5.73 Å². The molecule has 2 N–H and O–H groups in total. The average molecular weight is 230 g/mol. The predicted octanol–water partition coefficient (Wildman–Crippen LogP) is 1.77. The molecular formula is C9H9F3N4. The van der Waals surface area contributed by atoms with Crippen molar-refractivity contribution in [3.05, 3.63) is 29.7 Å². The molecule has 16 heavy (non-hydrogen) atoms. The molecule has 0 aromatic carbocycles. The predicted molar refractivity (Wildman–Crippen MR) is 50.6 cm³/mol. The first-order chi connectivity index (χ1) is 7.41. The minimum atomic E-state index is -4.54. The van der Waals surface area contributed by atoms with Crippen LogP contribution in [0.2, 0.25) is 0 Å². The molecule has 0 fully saturated rings. The van der Waals surface area contributed by atoms with Crippen molar-refractivity contribution in [3.63, 3.8) is 0 Å². The van der Waals surface area contributed by atoms with E-state index in [0.717, 1.165) is 4.40 Å². The zero-order chi connectivity index (χ0) is 11.9. The van der Waals surface area contributed by atoms with Crippen LogP contribution in [0.15, 0.2) is 18.2 Å². The molecule has 2 aromatic rings. The van der Waals surface area contributed by atoms with E-state index in [1.54, 1.807) is 13.0 Å². The first-order valence-electron chi connectivity index (χ1n) is 4.58. The number of nitrogens with two attached hydrogens (primary N) is 1. The number of hydrogen-bond acceptors (Lipinski definition) is 3. The lowest BCUT2D eigenvalue weighted by Crippen LogP contribution is -2.16. The Balaban J connectivity index is 2.78. The first-order valence-corrected chi connectivity index (χ1v) is 4.58. The van der Waals surface area contributed by atoms with Crippen LogP contribution in [0.1, 0.15) is 24.5 Å². The molecule has 4 nitrogen and oxygen atoms in total. The van der Waals surface area contributed by atoms with Gasteiger partial charge in [0.25, 0.3) is 0 Å². The van der Waals surface area contributed by atoms with Crippen molar-refractivity contribution in [3.8, 4) is 0 Å². The monoisotopic (exact) mass is 230 g/mol. The lowest BCUT2D eigenvalue weighted by Gasteiger charge is -2.11. The van der Waals surface area contributed by atoms with Crippen molar-refractivity contribution < 1.29 is 13.2 Å². The lowest BCUT2D eigenvalue weighted by molar-refractivity contribution is -0.145. The third-order valence-electron chi connectivity index (χ3n) is 2.18. The van der Waals surface area contributed by atoms with Crippen LogP contribution in [0, 0.1) is 0 Å². The van der Waals surface area contributed by atoms with E-state index in [1.165, 1.54) is 12.1 Å². The van der Waals surface area contributed by atoms with E-state index < -0.39 is 18.0 Å². The molecule has 0 aliphatic rings. The van der Waals surface area contributed by atoms with Crippen LogP contribution in [-0.2, 0) is 6.18 Å². The highest BCUT2D eigenvalue weighted by molar-refractivity contribution is 5.41. The highest BCUT2D eigenvalue weighted by Gasteiger charge is 2.37. The second-order valence-electron chi connectivity index (χ2n) is 3.45. The first kappa shape index (κ1) is 10.9. The van der Waals surface area contributed by atoms with Crippen molar-refractivity contribution in [2.75, 3.05) is 0 Å². The maximum atomic E-state index is 12.6. The van der Waals surface area contributed by atoms with Gasteiger partial charge in [0.2, 0.25) is 5.82 Å². The summed E-state index contributed by atoms with van der Waals surface area (Å²) >= 11 is 0. The molecule has 2 aromatic heterocycles. The van der Waals surface area contributed by atoms with Crippen LogP contribution >= 0.6 is 0 Å². The summed E-state index contributed by atoms with van der Waals surface area (Å²) in [6.45, 7) is 1.61. The molecule has 1 unspecified atom stereocenters. The summed E-state index contributed by atoms with van der Waals surface area (Å²) in [7, 11) is 0. The fourth-order valence-electron chi connectivity index (χ4n) is 1.51. The van der Waals surface area contributed by atoms with Gasteiger partial charge in [-0.1, -0.05) is 6.07 Å². The maximum Gasteiger partial charge on any atom is 0.452 e. The van der Waals surface area contributed by atoms with Crippen molar-refractivity contribution >= 4 is 5.65 Å². The number of halogens is 3. The average Bonchev–Trinajstić information content (AvgIpc) is 2.59.